The van der Waals surface area contributed by atoms with E-state index < -0.39 is 11.9 Å². The number of nitrogens with zero attached hydrogens (tertiary/aromatic N) is 3. The van der Waals surface area contributed by atoms with Crippen LogP contribution >= 0.6 is 46.0 Å². The predicted octanol–water partition coefficient (Wildman–Crippen LogP) is 4.73. The molecule has 1 aromatic carbocycles. The van der Waals surface area contributed by atoms with E-state index in [1.54, 1.807) is 15.3 Å². The number of furan rings is 1. The summed E-state index contributed by atoms with van der Waals surface area (Å²) in [5.41, 5.74) is 0.907. The smallest absolute Gasteiger partial charge is 0.449 e. The second-order valence-electron chi connectivity index (χ2n) is 7.67. The highest BCUT2D eigenvalue weighted by atomic mass is 35.5. The molecule has 5 rings (SSSR count). The van der Waals surface area contributed by atoms with Crippen molar-refractivity contribution in [1.82, 2.24) is 4.57 Å². The molecule has 0 saturated heterocycles. The summed E-state index contributed by atoms with van der Waals surface area (Å²) in [5, 5.41) is 4.11. The van der Waals surface area contributed by atoms with Crippen molar-refractivity contribution in [3.8, 4) is 0 Å². The lowest BCUT2D eigenvalue weighted by Crippen LogP contribution is -2.36. The Morgan fingerprint density at radius 2 is 2.03 bits per heavy atom. The molecule has 35 heavy (non-hydrogen) atoms. The average molecular weight is 557 g/mol. The first-order chi connectivity index (χ1) is 16.7. The van der Waals surface area contributed by atoms with Crippen molar-refractivity contribution >= 4 is 62.8 Å². The van der Waals surface area contributed by atoms with E-state index in [4.69, 9.17) is 16.0 Å². The van der Waals surface area contributed by atoms with Crippen LogP contribution in [0.15, 0.2) is 56.0 Å². The summed E-state index contributed by atoms with van der Waals surface area (Å²) >= 11 is 10.5. The Morgan fingerprint density at radius 1 is 1.23 bits per heavy atom. The quantitative estimate of drug-likeness (QED) is 0.341. The van der Waals surface area contributed by atoms with Gasteiger partial charge in [0.25, 0.3) is 10.6 Å². The number of benzene rings is 1. The van der Waals surface area contributed by atoms with Crippen molar-refractivity contribution < 1.29 is 22.2 Å². The second-order valence-corrected chi connectivity index (χ2v) is 11.1. The average Bonchev–Trinajstić information content (AvgIpc) is 3.56. The number of alkyl halides is 3. The van der Waals surface area contributed by atoms with Crippen LogP contribution in [-0.2, 0) is 19.3 Å². The molecule has 0 atom stereocenters. The zero-order chi connectivity index (χ0) is 24.9. The molecule has 1 aliphatic rings. The van der Waals surface area contributed by atoms with Gasteiger partial charge in [0.05, 0.1) is 17.1 Å². The number of rotatable bonds is 4. The number of aromatic nitrogens is 2. The normalized spacial score (nSPS) is 15.8. The van der Waals surface area contributed by atoms with Crippen LogP contribution in [-0.4, -0.2) is 11.6 Å². The van der Waals surface area contributed by atoms with Gasteiger partial charge in [-0.15, -0.1) is 11.3 Å². The Bertz CT molecular complexity index is 1600. The Morgan fingerprint density at radius 3 is 2.74 bits per heavy atom. The lowest BCUT2D eigenvalue weighted by Gasteiger charge is -2.12. The van der Waals surface area contributed by atoms with Gasteiger partial charge in [-0.3, -0.25) is 9.36 Å². The van der Waals surface area contributed by atoms with Crippen LogP contribution in [0.1, 0.15) is 23.5 Å². The van der Waals surface area contributed by atoms with Gasteiger partial charge in [0, 0.05) is 23.5 Å². The number of thiazole rings is 2. The first kappa shape index (κ1) is 24.2. The molecule has 0 saturated carbocycles. The number of anilines is 1. The third kappa shape index (κ3) is 4.57. The number of thioether (sulfide) groups is 1. The van der Waals surface area contributed by atoms with Gasteiger partial charge < -0.3 is 9.32 Å². The molecule has 0 unspecified atom stereocenters. The molecule has 1 aliphatic heterocycles. The molecule has 0 fully saturated rings. The van der Waals surface area contributed by atoms with Crippen LogP contribution in [0.3, 0.4) is 0 Å². The molecule has 182 valence electrons. The summed E-state index contributed by atoms with van der Waals surface area (Å²) < 4.78 is 48.5. The highest BCUT2D eigenvalue weighted by molar-refractivity contribution is 8.08. The van der Waals surface area contributed by atoms with Crippen molar-refractivity contribution in [2.45, 2.75) is 31.1 Å². The Hall–Kier alpha value is -2.47. The number of hydrogen-bond acceptors (Lipinski definition) is 6. The lowest BCUT2D eigenvalue weighted by atomic mass is 10.3. The largest absolute Gasteiger partial charge is 0.450 e. The third-order valence-corrected chi connectivity index (χ3v) is 9.00. The van der Waals surface area contributed by atoms with E-state index in [2.05, 4.69) is 0 Å². The van der Waals surface area contributed by atoms with Gasteiger partial charge in [0.15, 0.2) is 12.0 Å². The van der Waals surface area contributed by atoms with E-state index in [9.17, 15) is 18.0 Å². The number of hydrogen-bond donors (Lipinski definition) is 0. The molecule has 3 aromatic heterocycles. The van der Waals surface area contributed by atoms with Gasteiger partial charge in [-0.2, -0.15) is 17.7 Å². The maximum Gasteiger partial charge on any atom is 0.449 e. The molecule has 0 aliphatic carbocycles. The summed E-state index contributed by atoms with van der Waals surface area (Å²) in [4.78, 5) is 16.3. The Kier molecular flexibility index (Phi) is 6.37. The molecule has 0 spiro atoms. The van der Waals surface area contributed by atoms with Crippen LogP contribution in [0.2, 0.25) is 5.02 Å². The van der Waals surface area contributed by atoms with Crippen LogP contribution in [0, 0.1) is 0 Å². The van der Waals surface area contributed by atoms with Crippen LogP contribution in [0.5, 0.6) is 0 Å². The summed E-state index contributed by atoms with van der Waals surface area (Å²) in [6.07, 6.45) is -0.850. The van der Waals surface area contributed by atoms with Gasteiger partial charge in [0.2, 0.25) is 12.3 Å². The first-order valence-corrected chi connectivity index (χ1v) is 13.3. The van der Waals surface area contributed by atoms with Gasteiger partial charge in [-0.1, -0.05) is 34.7 Å². The molecule has 0 N–H and O–H groups in total. The zero-order valence-electron chi connectivity index (χ0n) is 18.4. The van der Waals surface area contributed by atoms with Crippen LogP contribution in [0.25, 0.3) is 11.1 Å². The minimum atomic E-state index is -4.52. The maximum absolute atomic E-state index is 13.3. The van der Waals surface area contributed by atoms with E-state index in [0.717, 1.165) is 31.3 Å². The monoisotopic (exact) mass is 556 g/mol. The molecule has 0 amide bonds. The lowest BCUT2D eigenvalue weighted by molar-refractivity contribution is -0.686. The number of halogens is 4. The molecule has 5 nitrogen and oxygen atoms in total. The summed E-state index contributed by atoms with van der Waals surface area (Å²) in [6.45, 7) is 2.54. The Labute approximate surface area is 215 Å². The maximum atomic E-state index is 13.3. The van der Waals surface area contributed by atoms with Crippen molar-refractivity contribution in [2.24, 2.45) is 0 Å². The van der Waals surface area contributed by atoms with Crippen molar-refractivity contribution in [1.29, 1.82) is 0 Å². The van der Waals surface area contributed by atoms with E-state index in [-0.39, 0.29) is 17.9 Å². The standard InChI is InChI=1S/C23H18ClF3N3O2S3/c1-3-30-19(11-18-29(8-9-33-18)12-14-5-7-17(32-14)23(25,26)27)35-20(21(30)31)22-28(2)15-6-4-13(24)10-16(15)34-22/h4-11H,3,12H2,1-2H3/q+1/b22-20+. The predicted molar refractivity (Wildman–Crippen MR) is 134 cm³/mol. The topological polar surface area (TPSA) is 42.3 Å². The van der Waals surface area contributed by atoms with Crippen molar-refractivity contribution in [2.75, 3.05) is 11.9 Å². The molecule has 4 aromatic rings. The van der Waals surface area contributed by atoms with E-state index in [1.807, 2.05) is 48.5 Å². The fourth-order valence-corrected chi connectivity index (χ4v) is 7.34. The minimum Gasteiger partial charge on any atom is -0.450 e. The van der Waals surface area contributed by atoms with Gasteiger partial charge in [-0.25, -0.2) is 0 Å². The molecule has 0 bridgehead atoms. The second kappa shape index (κ2) is 9.20. The van der Waals surface area contributed by atoms with Gasteiger partial charge in [0.1, 0.15) is 14.2 Å². The zero-order valence-corrected chi connectivity index (χ0v) is 21.6. The summed E-state index contributed by atoms with van der Waals surface area (Å²) in [6, 6.07) is 7.91. The van der Waals surface area contributed by atoms with Gasteiger partial charge in [-0.05, 0) is 37.3 Å². The van der Waals surface area contributed by atoms with E-state index in [0.29, 0.717) is 16.1 Å². The molecular weight excluding hydrogens is 539 g/mol. The minimum absolute atomic E-state index is 0.0824. The fraction of sp³-hybridized carbons (Fsp3) is 0.217. The first-order valence-electron chi connectivity index (χ1n) is 10.5. The summed E-state index contributed by atoms with van der Waals surface area (Å²) in [7, 11) is 1.92. The van der Waals surface area contributed by atoms with E-state index >= 15 is 0 Å². The molecule has 4 heterocycles. The fourth-order valence-electron chi connectivity index (χ4n) is 3.75. The Balaban J connectivity index is 1.55. The van der Waals surface area contributed by atoms with Crippen molar-refractivity contribution in [3.63, 3.8) is 0 Å². The van der Waals surface area contributed by atoms with Gasteiger partial charge >= 0.3 is 6.18 Å². The molecule has 12 heteroatoms. The third-order valence-electron chi connectivity index (χ3n) is 5.44. The van der Waals surface area contributed by atoms with E-state index in [1.165, 1.54) is 40.5 Å². The van der Waals surface area contributed by atoms with Crippen LogP contribution in [0.4, 0.5) is 18.9 Å². The number of fused-ring (bicyclic) bond motifs is 1. The SMILES string of the molecule is CCn1c(=O)/c(=C2\Sc3cc(Cl)ccc3N2C)s/c1=C\c1scc[n+]1Cc1ccc(C(F)(F)F)o1. The highest BCUT2D eigenvalue weighted by Crippen LogP contribution is 2.46. The molecular formula is C23H18ClF3N3O2S3+. The summed E-state index contributed by atoms with van der Waals surface area (Å²) in [5.74, 6) is -0.819. The molecule has 0 radical (unpaired) electrons. The highest BCUT2D eigenvalue weighted by Gasteiger charge is 2.35. The van der Waals surface area contributed by atoms with Crippen LogP contribution < -0.4 is 24.2 Å². The van der Waals surface area contributed by atoms with Crippen molar-refractivity contribution in [3.05, 3.63) is 83.0 Å².